The van der Waals surface area contributed by atoms with E-state index in [4.69, 9.17) is 4.74 Å². The Balaban J connectivity index is 1.91. The van der Waals surface area contributed by atoms with E-state index in [0.29, 0.717) is 11.3 Å². The average molecular weight is 438 g/mol. The van der Waals surface area contributed by atoms with Crippen molar-refractivity contribution in [3.63, 3.8) is 0 Å². The van der Waals surface area contributed by atoms with Crippen LogP contribution < -0.4 is 15.6 Å². The Hall–Kier alpha value is -2.09. The molecular weight excluding hydrogens is 419 g/mol. The maximum atomic E-state index is 12.1. The Morgan fingerprint density at radius 1 is 1.04 bits per heavy atom. The molecule has 0 aliphatic rings. The van der Waals surface area contributed by atoms with Gasteiger partial charge in [0.05, 0.1) is 5.56 Å². The lowest BCUT2D eigenvalue weighted by Gasteiger charge is -2.16. The van der Waals surface area contributed by atoms with Gasteiger partial charge in [0.25, 0.3) is 11.8 Å². The third kappa shape index (κ3) is 4.70. The molecule has 0 aromatic heterocycles. The number of nitrogens with one attached hydrogen (secondary N) is 2. The minimum absolute atomic E-state index is 0.369. The first-order valence-electron chi connectivity index (χ1n) is 7.47. The van der Waals surface area contributed by atoms with Gasteiger partial charge in [-0.3, -0.25) is 20.4 Å². The fraction of sp³-hybridized carbons (Fsp3) is 0.222. The second-order valence-electron chi connectivity index (χ2n) is 5.43. The van der Waals surface area contributed by atoms with E-state index in [1.807, 2.05) is 44.2 Å². The van der Waals surface area contributed by atoms with Crippen LogP contribution >= 0.6 is 22.6 Å². The molecule has 2 amide bonds. The summed E-state index contributed by atoms with van der Waals surface area (Å²) in [7, 11) is 0. The standard InChI is InChI=1S/C18H19IN2O3/c1-11-8-9-14(10-12(11)2)24-13(3)17(22)20-21-18(23)15-6-4-5-7-16(15)19/h4-10,13H,1-3H3,(H,20,22)(H,21,23). The molecule has 0 saturated carbocycles. The van der Waals surface area contributed by atoms with Crippen molar-refractivity contribution in [1.82, 2.24) is 10.9 Å². The Bertz CT molecular complexity index is 762. The van der Waals surface area contributed by atoms with E-state index >= 15 is 0 Å². The van der Waals surface area contributed by atoms with E-state index in [9.17, 15) is 9.59 Å². The number of rotatable bonds is 4. The number of hydrogen-bond donors (Lipinski definition) is 2. The smallest absolute Gasteiger partial charge is 0.279 e. The predicted molar refractivity (Wildman–Crippen MR) is 101 cm³/mol. The van der Waals surface area contributed by atoms with Gasteiger partial charge in [-0.25, -0.2) is 0 Å². The summed E-state index contributed by atoms with van der Waals surface area (Å²) in [5, 5.41) is 0. The molecular formula is C18H19IN2O3. The number of benzene rings is 2. The maximum Gasteiger partial charge on any atom is 0.279 e. The van der Waals surface area contributed by atoms with Crippen LogP contribution in [0.15, 0.2) is 42.5 Å². The van der Waals surface area contributed by atoms with Gasteiger partial charge >= 0.3 is 0 Å². The largest absolute Gasteiger partial charge is 0.481 e. The first-order valence-corrected chi connectivity index (χ1v) is 8.55. The monoisotopic (exact) mass is 438 g/mol. The van der Waals surface area contributed by atoms with Crippen molar-refractivity contribution in [2.75, 3.05) is 0 Å². The molecule has 0 aliphatic heterocycles. The van der Waals surface area contributed by atoms with Crippen LogP contribution in [0, 0.1) is 17.4 Å². The average Bonchev–Trinajstić information content (AvgIpc) is 2.56. The Morgan fingerprint density at radius 2 is 1.75 bits per heavy atom. The summed E-state index contributed by atoms with van der Waals surface area (Å²) < 4.78 is 6.42. The SMILES string of the molecule is Cc1ccc(OC(C)C(=O)NNC(=O)c2ccccc2I)cc1C. The molecule has 0 radical (unpaired) electrons. The van der Waals surface area contributed by atoms with Crippen molar-refractivity contribution < 1.29 is 14.3 Å². The number of carbonyl (C=O) groups excluding carboxylic acids is 2. The normalized spacial score (nSPS) is 11.5. The maximum absolute atomic E-state index is 12.1. The van der Waals surface area contributed by atoms with E-state index in [0.717, 1.165) is 14.7 Å². The van der Waals surface area contributed by atoms with Gasteiger partial charge in [-0.2, -0.15) is 0 Å². The third-order valence-electron chi connectivity index (χ3n) is 3.58. The van der Waals surface area contributed by atoms with Gasteiger partial charge in [0, 0.05) is 3.57 Å². The number of halogens is 1. The van der Waals surface area contributed by atoms with Gasteiger partial charge < -0.3 is 4.74 Å². The molecule has 1 atom stereocenters. The van der Waals surface area contributed by atoms with E-state index in [1.165, 1.54) is 0 Å². The number of amides is 2. The van der Waals surface area contributed by atoms with Crippen LogP contribution in [-0.4, -0.2) is 17.9 Å². The van der Waals surface area contributed by atoms with Crippen molar-refractivity contribution >= 4 is 34.4 Å². The topological polar surface area (TPSA) is 67.4 Å². The van der Waals surface area contributed by atoms with Crippen LogP contribution in [0.1, 0.15) is 28.4 Å². The Labute approximate surface area is 154 Å². The zero-order valence-electron chi connectivity index (χ0n) is 13.7. The summed E-state index contributed by atoms with van der Waals surface area (Å²) in [6.45, 7) is 5.62. The van der Waals surface area contributed by atoms with Crippen molar-refractivity contribution in [2.45, 2.75) is 26.9 Å². The summed E-state index contributed by atoms with van der Waals surface area (Å²) in [4.78, 5) is 24.1. The van der Waals surface area contributed by atoms with E-state index in [-0.39, 0.29) is 5.91 Å². The zero-order chi connectivity index (χ0) is 17.7. The molecule has 5 nitrogen and oxygen atoms in total. The highest BCUT2D eigenvalue weighted by Gasteiger charge is 2.16. The lowest BCUT2D eigenvalue weighted by Crippen LogP contribution is -2.47. The molecule has 0 heterocycles. The fourth-order valence-electron chi connectivity index (χ4n) is 1.98. The quantitative estimate of drug-likeness (QED) is 0.570. The highest BCUT2D eigenvalue weighted by Crippen LogP contribution is 2.17. The predicted octanol–water partition coefficient (Wildman–Crippen LogP) is 3.14. The van der Waals surface area contributed by atoms with E-state index in [2.05, 4.69) is 33.4 Å². The minimum atomic E-state index is -0.734. The molecule has 0 saturated heterocycles. The van der Waals surface area contributed by atoms with E-state index in [1.54, 1.807) is 19.1 Å². The molecule has 1 unspecified atom stereocenters. The number of hydrogen-bond acceptors (Lipinski definition) is 3. The van der Waals surface area contributed by atoms with Gasteiger partial charge in [-0.05, 0) is 78.8 Å². The number of aryl methyl sites for hydroxylation is 2. The van der Waals surface area contributed by atoms with Crippen LogP contribution in [0.4, 0.5) is 0 Å². The first kappa shape index (κ1) is 18.3. The number of ether oxygens (including phenoxy) is 1. The Kier molecular flexibility index (Phi) is 6.19. The van der Waals surface area contributed by atoms with Gasteiger partial charge in [0.1, 0.15) is 5.75 Å². The van der Waals surface area contributed by atoms with Crippen LogP contribution in [-0.2, 0) is 4.79 Å². The molecule has 126 valence electrons. The van der Waals surface area contributed by atoms with E-state index < -0.39 is 12.0 Å². The summed E-state index contributed by atoms with van der Waals surface area (Å²) >= 11 is 2.07. The highest BCUT2D eigenvalue weighted by atomic mass is 127. The fourth-order valence-corrected chi connectivity index (χ4v) is 2.61. The van der Waals surface area contributed by atoms with Gasteiger partial charge in [0.15, 0.2) is 6.10 Å². The van der Waals surface area contributed by atoms with Crippen LogP contribution in [0.5, 0.6) is 5.75 Å². The Morgan fingerprint density at radius 3 is 2.42 bits per heavy atom. The summed E-state index contributed by atoms with van der Waals surface area (Å²) in [6.07, 6.45) is -0.734. The van der Waals surface area contributed by atoms with Gasteiger partial charge in [-0.15, -0.1) is 0 Å². The second kappa shape index (κ2) is 8.14. The van der Waals surface area contributed by atoms with Crippen molar-refractivity contribution in [3.05, 3.63) is 62.7 Å². The molecule has 2 N–H and O–H groups in total. The molecule has 2 aromatic rings. The van der Waals surface area contributed by atoms with Gasteiger partial charge in [0.2, 0.25) is 0 Å². The van der Waals surface area contributed by atoms with Crippen LogP contribution in [0.25, 0.3) is 0 Å². The van der Waals surface area contributed by atoms with Gasteiger partial charge in [-0.1, -0.05) is 18.2 Å². The lowest BCUT2D eigenvalue weighted by atomic mass is 10.1. The highest BCUT2D eigenvalue weighted by molar-refractivity contribution is 14.1. The molecule has 0 bridgehead atoms. The molecule has 0 spiro atoms. The number of carbonyl (C=O) groups is 2. The van der Waals surface area contributed by atoms with Crippen LogP contribution in [0.2, 0.25) is 0 Å². The summed E-state index contributed by atoms with van der Waals surface area (Å²) in [6, 6.07) is 12.8. The second-order valence-corrected chi connectivity index (χ2v) is 6.59. The van der Waals surface area contributed by atoms with Crippen molar-refractivity contribution in [1.29, 1.82) is 0 Å². The number of hydrazine groups is 1. The van der Waals surface area contributed by atoms with Crippen LogP contribution in [0.3, 0.4) is 0 Å². The molecule has 0 fully saturated rings. The molecule has 0 aliphatic carbocycles. The zero-order valence-corrected chi connectivity index (χ0v) is 15.9. The molecule has 2 rings (SSSR count). The van der Waals surface area contributed by atoms with Crippen molar-refractivity contribution in [2.24, 2.45) is 0 Å². The first-order chi connectivity index (χ1) is 11.4. The minimum Gasteiger partial charge on any atom is -0.481 e. The third-order valence-corrected chi connectivity index (χ3v) is 4.52. The lowest BCUT2D eigenvalue weighted by molar-refractivity contribution is -0.128. The molecule has 6 heteroatoms. The molecule has 24 heavy (non-hydrogen) atoms. The summed E-state index contributed by atoms with van der Waals surface area (Å²) in [5.41, 5.74) is 7.54. The van der Waals surface area contributed by atoms with Crippen molar-refractivity contribution in [3.8, 4) is 5.75 Å². The molecule has 2 aromatic carbocycles. The summed E-state index contributed by atoms with van der Waals surface area (Å²) in [5.74, 6) is -0.177.